The fourth-order valence-corrected chi connectivity index (χ4v) is 3.31. The molecule has 0 saturated carbocycles. The maximum atomic E-state index is 12.1. The fourth-order valence-electron chi connectivity index (χ4n) is 1.60. The second-order valence-electron chi connectivity index (χ2n) is 3.98. The molecule has 0 aliphatic rings. The molecule has 1 N–H and O–H groups in total. The van der Waals surface area contributed by atoms with Crippen LogP contribution in [0.2, 0.25) is 0 Å². The van der Waals surface area contributed by atoms with Gasteiger partial charge in [0.25, 0.3) is 11.8 Å². The number of carbonyl (C=O) groups excluding carboxylic acids is 1. The zero-order valence-corrected chi connectivity index (χ0v) is 14.3. The number of hydrogen-bond donors (Lipinski definition) is 1. The minimum atomic E-state index is -0.307. The highest BCUT2D eigenvalue weighted by molar-refractivity contribution is 9.11. The van der Waals surface area contributed by atoms with Crippen molar-refractivity contribution in [2.24, 2.45) is 0 Å². The molecule has 0 saturated heterocycles. The summed E-state index contributed by atoms with van der Waals surface area (Å²) in [7, 11) is 0. The van der Waals surface area contributed by atoms with Crippen molar-refractivity contribution in [2.75, 3.05) is 5.32 Å². The van der Waals surface area contributed by atoms with Gasteiger partial charge in [0.1, 0.15) is 0 Å². The van der Waals surface area contributed by atoms with Crippen LogP contribution in [0.3, 0.4) is 0 Å². The van der Waals surface area contributed by atoms with E-state index in [9.17, 15) is 4.79 Å². The predicted molar refractivity (Wildman–Crippen MR) is 87.4 cm³/mol. The van der Waals surface area contributed by atoms with Gasteiger partial charge in [0.2, 0.25) is 0 Å². The number of rotatable bonds is 3. The van der Waals surface area contributed by atoms with Gasteiger partial charge in [0.15, 0.2) is 0 Å². The topological polar surface area (TPSA) is 68.0 Å². The van der Waals surface area contributed by atoms with Crippen molar-refractivity contribution in [3.63, 3.8) is 0 Å². The van der Waals surface area contributed by atoms with Crippen molar-refractivity contribution < 1.29 is 9.21 Å². The highest BCUT2D eigenvalue weighted by atomic mass is 79.9. The Labute approximate surface area is 140 Å². The number of halogens is 2. The van der Waals surface area contributed by atoms with Crippen LogP contribution in [-0.2, 0) is 0 Å². The molecule has 106 valence electrons. The van der Waals surface area contributed by atoms with Crippen molar-refractivity contribution in [1.29, 1.82) is 0 Å². The van der Waals surface area contributed by atoms with Gasteiger partial charge < -0.3 is 4.42 Å². The Kier molecular flexibility index (Phi) is 4.18. The number of thiophene rings is 1. The molecule has 3 aromatic rings. The molecule has 0 aliphatic heterocycles. The zero-order chi connectivity index (χ0) is 14.8. The Bertz CT molecular complexity index is 800. The smallest absolute Gasteiger partial charge is 0.322 e. The van der Waals surface area contributed by atoms with E-state index in [2.05, 4.69) is 47.4 Å². The number of carbonyl (C=O) groups is 1. The number of aromatic nitrogens is 2. The molecule has 2 heterocycles. The summed E-state index contributed by atoms with van der Waals surface area (Å²) in [4.78, 5) is 12.9. The Morgan fingerprint density at radius 2 is 2.05 bits per heavy atom. The number of nitrogens with zero attached hydrogens (tertiary/aromatic N) is 2. The van der Waals surface area contributed by atoms with Crippen LogP contribution >= 0.6 is 43.2 Å². The van der Waals surface area contributed by atoms with Gasteiger partial charge in [-0.2, -0.15) is 0 Å². The Balaban J connectivity index is 1.77. The Morgan fingerprint density at radius 1 is 1.19 bits per heavy atom. The van der Waals surface area contributed by atoms with E-state index in [1.165, 1.54) is 11.3 Å². The van der Waals surface area contributed by atoms with Crippen LogP contribution in [0.1, 0.15) is 10.4 Å². The van der Waals surface area contributed by atoms with Crippen molar-refractivity contribution in [3.05, 3.63) is 50.2 Å². The maximum absolute atomic E-state index is 12.1. The number of anilines is 1. The van der Waals surface area contributed by atoms with Crippen LogP contribution in [0, 0.1) is 0 Å². The molecular formula is C13H7Br2N3O2S. The summed E-state index contributed by atoms with van der Waals surface area (Å²) in [5, 5.41) is 10.3. The third kappa shape index (κ3) is 3.39. The van der Waals surface area contributed by atoms with E-state index >= 15 is 0 Å². The van der Waals surface area contributed by atoms with E-state index in [0.29, 0.717) is 11.5 Å². The van der Waals surface area contributed by atoms with Gasteiger partial charge in [0.05, 0.1) is 8.66 Å². The van der Waals surface area contributed by atoms with Gasteiger partial charge in [-0.3, -0.25) is 10.1 Å². The molecule has 0 unspecified atom stereocenters. The fraction of sp³-hybridized carbons (Fsp3) is 0. The van der Waals surface area contributed by atoms with Gasteiger partial charge >= 0.3 is 6.01 Å². The first-order chi connectivity index (χ1) is 10.1. The minimum absolute atomic E-state index is 0.0690. The molecule has 5 nitrogen and oxygen atoms in total. The van der Waals surface area contributed by atoms with Crippen LogP contribution in [0.15, 0.2) is 49.1 Å². The second kappa shape index (κ2) is 6.08. The summed E-state index contributed by atoms with van der Waals surface area (Å²) >= 11 is 8.16. The van der Waals surface area contributed by atoms with Crippen molar-refractivity contribution >= 4 is 55.1 Å². The summed E-state index contributed by atoms with van der Waals surface area (Å²) in [6, 6.07) is 10.9. The van der Waals surface area contributed by atoms with Crippen LogP contribution in [0.5, 0.6) is 0 Å². The van der Waals surface area contributed by atoms with Gasteiger partial charge in [-0.05, 0) is 46.3 Å². The monoisotopic (exact) mass is 427 g/mol. The van der Waals surface area contributed by atoms with E-state index < -0.39 is 0 Å². The van der Waals surface area contributed by atoms with Crippen LogP contribution in [0.4, 0.5) is 6.01 Å². The second-order valence-corrected chi connectivity index (χ2v) is 7.36. The quantitative estimate of drug-likeness (QED) is 0.663. The number of nitrogens with one attached hydrogen (secondary N) is 1. The first-order valence-corrected chi connectivity index (χ1v) is 8.18. The van der Waals surface area contributed by atoms with Crippen molar-refractivity contribution in [2.45, 2.75) is 0 Å². The molecule has 0 radical (unpaired) electrons. The average Bonchev–Trinajstić information content (AvgIpc) is 3.07. The first-order valence-electron chi connectivity index (χ1n) is 5.78. The molecule has 0 atom stereocenters. The largest absolute Gasteiger partial charge is 0.402 e. The number of benzene rings is 1. The summed E-state index contributed by atoms with van der Waals surface area (Å²) in [5.74, 6) is 0.0640. The van der Waals surface area contributed by atoms with Gasteiger partial charge in [0, 0.05) is 10.0 Å². The van der Waals surface area contributed by atoms with E-state index in [0.717, 1.165) is 13.1 Å². The van der Waals surface area contributed by atoms with E-state index in [4.69, 9.17) is 4.42 Å². The lowest BCUT2D eigenvalue weighted by atomic mass is 10.2. The normalized spacial score (nSPS) is 10.6. The third-order valence-corrected chi connectivity index (χ3v) is 4.62. The van der Waals surface area contributed by atoms with Gasteiger partial charge in [-0.15, -0.1) is 16.4 Å². The molecule has 1 amide bonds. The Hall–Kier alpha value is -1.51. The van der Waals surface area contributed by atoms with Crippen LogP contribution in [-0.4, -0.2) is 16.1 Å². The van der Waals surface area contributed by atoms with E-state index in [1.54, 1.807) is 18.2 Å². The van der Waals surface area contributed by atoms with Gasteiger partial charge in [-0.1, -0.05) is 27.1 Å². The zero-order valence-electron chi connectivity index (χ0n) is 10.3. The van der Waals surface area contributed by atoms with E-state index in [1.807, 2.05) is 18.2 Å². The minimum Gasteiger partial charge on any atom is -0.402 e. The standard InChI is InChI=1S/C13H7Br2N3O2S/c14-8-3-1-2-7(6-8)11(19)16-13-18-17-12(20-13)9-4-5-10(15)21-9/h1-6H,(H,16,18,19). The number of hydrogen-bond acceptors (Lipinski definition) is 5. The third-order valence-electron chi connectivity index (χ3n) is 2.52. The Morgan fingerprint density at radius 3 is 2.76 bits per heavy atom. The molecular weight excluding hydrogens is 422 g/mol. The molecule has 1 aromatic carbocycles. The lowest BCUT2D eigenvalue weighted by Crippen LogP contribution is -2.11. The molecule has 0 fully saturated rings. The summed E-state index contributed by atoms with van der Waals surface area (Å²) in [6.07, 6.45) is 0. The molecule has 21 heavy (non-hydrogen) atoms. The SMILES string of the molecule is O=C(Nc1nnc(-c2ccc(Br)s2)o1)c1cccc(Br)c1. The molecule has 2 aromatic heterocycles. The molecule has 0 aliphatic carbocycles. The predicted octanol–water partition coefficient (Wildman–Crippen LogP) is 4.58. The molecule has 0 spiro atoms. The average molecular weight is 429 g/mol. The molecule has 8 heteroatoms. The summed E-state index contributed by atoms with van der Waals surface area (Å²) < 4.78 is 7.22. The summed E-state index contributed by atoms with van der Waals surface area (Å²) in [5.41, 5.74) is 0.503. The highest BCUT2D eigenvalue weighted by Crippen LogP contribution is 2.31. The lowest BCUT2D eigenvalue weighted by molar-refractivity contribution is 0.102. The summed E-state index contributed by atoms with van der Waals surface area (Å²) in [6.45, 7) is 0. The van der Waals surface area contributed by atoms with Crippen molar-refractivity contribution in [1.82, 2.24) is 10.2 Å². The van der Waals surface area contributed by atoms with Crippen molar-refractivity contribution in [3.8, 4) is 10.8 Å². The highest BCUT2D eigenvalue weighted by Gasteiger charge is 2.14. The lowest BCUT2D eigenvalue weighted by Gasteiger charge is -2.00. The van der Waals surface area contributed by atoms with Gasteiger partial charge in [-0.25, -0.2) is 0 Å². The van der Waals surface area contributed by atoms with Crippen LogP contribution < -0.4 is 5.32 Å². The molecule has 0 bridgehead atoms. The van der Waals surface area contributed by atoms with E-state index in [-0.39, 0.29) is 11.9 Å². The van der Waals surface area contributed by atoms with Crippen LogP contribution in [0.25, 0.3) is 10.8 Å². The molecule has 3 rings (SSSR count). The number of amides is 1. The maximum Gasteiger partial charge on any atom is 0.322 e. The first kappa shape index (κ1) is 14.4.